The Balaban J connectivity index is 1.19. The molecule has 3 fully saturated rings. The molecular formula is C30H45N5O4. The molecule has 9 heteroatoms. The first-order valence-corrected chi connectivity index (χ1v) is 14.9. The predicted molar refractivity (Wildman–Crippen MR) is 150 cm³/mol. The number of anilines is 1. The quantitative estimate of drug-likeness (QED) is 0.377. The van der Waals surface area contributed by atoms with Crippen molar-refractivity contribution in [1.82, 2.24) is 20.0 Å². The fraction of sp³-hybridized carbons (Fsp3) is 0.733. The molecule has 0 spiro atoms. The van der Waals surface area contributed by atoms with Crippen LogP contribution < -0.4 is 4.90 Å². The lowest BCUT2D eigenvalue weighted by molar-refractivity contribution is -0.155. The molecule has 0 bridgehead atoms. The number of nitrogens with zero attached hydrogens (tertiary/aromatic N) is 5. The van der Waals surface area contributed by atoms with E-state index in [0.29, 0.717) is 17.8 Å². The van der Waals surface area contributed by atoms with Crippen LogP contribution in [0.3, 0.4) is 0 Å². The fourth-order valence-corrected chi connectivity index (χ4v) is 6.07. The van der Waals surface area contributed by atoms with Gasteiger partial charge >= 0.3 is 5.97 Å². The van der Waals surface area contributed by atoms with E-state index >= 15 is 0 Å². The van der Waals surface area contributed by atoms with E-state index in [9.17, 15) is 4.79 Å². The molecule has 1 atom stereocenters. The van der Waals surface area contributed by atoms with Crippen LogP contribution in [-0.4, -0.2) is 77.0 Å². The zero-order chi connectivity index (χ0) is 27.2. The van der Waals surface area contributed by atoms with Crippen molar-refractivity contribution in [3.8, 4) is 11.4 Å². The van der Waals surface area contributed by atoms with Gasteiger partial charge in [-0.25, -0.2) is 4.98 Å². The van der Waals surface area contributed by atoms with Crippen molar-refractivity contribution < 1.29 is 18.8 Å². The van der Waals surface area contributed by atoms with Gasteiger partial charge in [0.05, 0.1) is 19.6 Å². The summed E-state index contributed by atoms with van der Waals surface area (Å²) in [5.41, 5.74) is 0.299. The van der Waals surface area contributed by atoms with Crippen LogP contribution in [-0.2, 0) is 14.3 Å². The first-order valence-electron chi connectivity index (χ1n) is 14.9. The second-order valence-electron chi connectivity index (χ2n) is 12.5. The van der Waals surface area contributed by atoms with E-state index in [1.165, 1.54) is 38.5 Å². The standard InChI is InChI=1S/C30H45N5O4/c1-30(2,3)38-27(36)18-23(11-7-10-22-8-5-4-6-9-22)29-32-28(33-39-29)24-12-13-26(31-19-24)35-20-25(21-35)34-14-16-37-17-15-34/h12-13,19,22-23,25H,4-11,14-18,20-21H2,1-3H3/t23-/m1/s1. The molecule has 3 aliphatic rings. The van der Waals surface area contributed by atoms with Gasteiger partial charge in [-0.2, -0.15) is 4.98 Å². The van der Waals surface area contributed by atoms with E-state index in [1.807, 2.05) is 39.1 Å². The number of carbonyl (C=O) groups excluding carboxylic acids is 1. The number of pyridine rings is 1. The molecule has 2 aliphatic heterocycles. The van der Waals surface area contributed by atoms with Gasteiger partial charge in [-0.15, -0.1) is 0 Å². The Labute approximate surface area is 232 Å². The fourth-order valence-electron chi connectivity index (χ4n) is 6.07. The monoisotopic (exact) mass is 539 g/mol. The zero-order valence-electron chi connectivity index (χ0n) is 23.9. The van der Waals surface area contributed by atoms with Gasteiger partial charge < -0.3 is 18.9 Å². The highest BCUT2D eigenvalue weighted by Crippen LogP contribution is 2.32. The molecule has 5 rings (SSSR count). The molecule has 0 N–H and O–H groups in total. The molecule has 2 aromatic heterocycles. The van der Waals surface area contributed by atoms with Crippen molar-refractivity contribution in [2.24, 2.45) is 5.92 Å². The van der Waals surface area contributed by atoms with Gasteiger partial charge in [0, 0.05) is 49.9 Å². The maximum Gasteiger partial charge on any atom is 0.307 e. The number of hydrogen-bond acceptors (Lipinski definition) is 9. The number of aromatic nitrogens is 3. The summed E-state index contributed by atoms with van der Waals surface area (Å²) in [5, 5.41) is 4.26. The molecule has 2 aromatic rings. The van der Waals surface area contributed by atoms with E-state index in [1.54, 1.807) is 0 Å². The van der Waals surface area contributed by atoms with E-state index in [-0.39, 0.29) is 18.3 Å². The molecule has 0 aromatic carbocycles. The highest BCUT2D eigenvalue weighted by atomic mass is 16.6. The minimum absolute atomic E-state index is 0.143. The summed E-state index contributed by atoms with van der Waals surface area (Å²) in [5.74, 6) is 2.44. The van der Waals surface area contributed by atoms with Crippen LogP contribution in [0.5, 0.6) is 0 Å². The Bertz CT molecular complexity index is 1050. The molecule has 0 amide bonds. The van der Waals surface area contributed by atoms with Gasteiger partial charge in [0.2, 0.25) is 11.7 Å². The third-order valence-corrected chi connectivity index (χ3v) is 8.27. The summed E-state index contributed by atoms with van der Waals surface area (Å²) >= 11 is 0. The highest BCUT2D eigenvalue weighted by molar-refractivity contribution is 5.70. The third-order valence-electron chi connectivity index (χ3n) is 8.27. The number of morpholine rings is 1. The number of ether oxygens (including phenoxy) is 2. The molecular weight excluding hydrogens is 494 g/mol. The van der Waals surface area contributed by atoms with Crippen molar-refractivity contribution in [3.63, 3.8) is 0 Å². The van der Waals surface area contributed by atoms with Crippen LogP contribution >= 0.6 is 0 Å². The number of rotatable bonds is 10. The topological polar surface area (TPSA) is 93.8 Å². The first kappa shape index (κ1) is 28.0. The first-order chi connectivity index (χ1) is 18.8. The van der Waals surface area contributed by atoms with Crippen LogP contribution in [0.2, 0.25) is 0 Å². The van der Waals surface area contributed by atoms with Crippen LogP contribution in [0, 0.1) is 5.92 Å². The minimum Gasteiger partial charge on any atom is -0.460 e. The molecule has 9 nitrogen and oxygen atoms in total. The van der Waals surface area contributed by atoms with Crippen molar-refractivity contribution in [1.29, 1.82) is 0 Å². The lowest BCUT2D eigenvalue weighted by atomic mass is 9.84. The number of carbonyl (C=O) groups is 1. The van der Waals surface area contributed by atoms with Crippen LogP contribution in [0.15, 0.2) is 22.9 Å². The average Bonchev–Trinajstić information content (AvgIpc) is 3.38. The molecule has 4 heterocycles. The normalized spacial score (nSPS) is 20.5. The van der Waals surface area contributed by atoms with Gasteiger partial charge in [-0.05, 0) is 45.2 Å². The molecule has 1 aliphatic carbocycles. The second kappa shape index (κ2) is 12.8. The molecule has 0 radical (unpaired) electrons. The number of esters is 1. The third kappa shape index (κ3) is 7.78. The summed E-state index contributed by atoms with van der Waals surface area (Å²) in [4.78, 5) is 26.9. The van der Waals surface area contributed by atoms with E-state index in [0.717, 1.165) is 69.5 Å². The van der Waals surface area contributed by atoms with Crippen molar-refractivity contribution in [3.05, 3.63) is 24.2 Å². The van der Waals surface area contributed by atoms with Crippen molar-refractivity contribution in [2.45, 2.75) is 96.1 Å². The van der Waals surface area contributed by atoms with Gasteiger partial charge in [0.1, 0.15) is 11.4 Å². The molecule has 0 unspecified atom stereocenters. The van der Waals surface area contributed by atoms with Gasteiger partial charge in [0.15, 0.2) is 0 Å². The second-order valence-corrected chi connectivity index (χ2v) is 12.5. The Kier molecular flexibility index (Phi) is 9.17. The number of hydrogen-bond donors (Lipinski definition) is 0. The maximum absolute atomic E-state index is 12.7. The van der Waals surface area contributed by atoms with Crippen LogP contribution in [0.1, 0.15) is 90.4 Å². The lowest BCUT2D eigenvalue weighted by Gasteiger charge is -2.47. The average molecular weight is 540 g/mol. The Morgan fingerprint density at radius 3 is 2.59 bits per heavy atom. The largest absolute Gasteiger partial charge is 0.460 e. The molecule has 1 saturated carbocycles. The SMILES string of the molecule is CC(C)(C)OC(=O)C[C@@H](CCCC1CCCCC1)c1nc(-c2ccc(N3CC(N4CCOCC4)C3)nc2)no1. The summed E-state index contributed by atoms with van der Waals surface area (Å²) in [6.07, 6.45) is 11.9. The molecule has 39 heavy (non-hydrogen) atoms. The summed E-state index contributed by atoms with van der Waals surface area (Å²) in [6, 6.07) is 4.61. The van der Waals surface area contributed by atoms with Gasteiger partial charge in [-0.1, -0.05) is 50.1 Å². The maximum atomic E-state index is 12.7. The predicted octanol–water partition coefficient (Wildman–Crippen LogP) is 5.22. The van der Waals surface area contributed by atoms with E-state index in [2.05, 4.69) is 19.9 Å². The zero-order valence-corrected chi connectivity index (χ0v) is 23.9. The highest BCUT2D eigenvalue weighted by Gasteiger charge is 2.33. The smallest absolute Gasteiger partial charge is 0.307 e. The van der Waals surface area contributed by atoms with Gasteiger partial charge in [-0.3, -0.25) is 9.69 Å². The van der Waals surface area contributed by atoms with Crippen molar-refractivity contribution >= 4 is 11.8 Å². The van der Waals surface area contributed by atoms with Gasteiger partial charge in [0.25, 0.3) is 0 Å². The Hall–Kier alpha value is -2.52. The molecule has 214 valence electrons. The van der Waals surface area contributed by atoms with Crippen LogP contribution in [0.25, 0.3) is 11.4 Å². The van der Waals surface area contributed by atoms with E-state index in [4.69, 9.17) is 19.0 Å². The summed E-state index contributed by atoms with van der Waals surface area (Å²) < 4.78 is 16.8. The molecule has 2 saturated heterocycles. The lowest BCUT2D eigenvalue weighted by Crippen LogP contribution is -2.61. The Morgan fingerprint density at radius 2 is 1.90 bits per heavy atom. The summed E-state index contributed by atoms with van der Waals surface area (Å²) in [6.45, 7) is 11.4. The van der Waals surface area contributed by atoms with Crippen molar-refractivity contribution in [2.75, 3.05) is 44.3 Å². The summed E-state index contributed by atoms with van der Waals surface area (Å²) in [7, 11) is 0. The van der Waals surface area contributed by atoms with E-state index < -0.39 is 5.60 Å². The Morgan fingerprint density at radius 1 is 1.13 bits per heavy atom. The minimum atomic E-state index is -0.518. The van der Waals surface area contributed by atoms with Crippen LogP contribution in [0.4, 0.5) is 5.82 Å².